The lowest BCUT2D eigenvalue weighted by molar-refractivity contribution is 0.0987. The fraction of sp³-hybridized carbons (Fsp3) is 0.333. The first-order chi connectivity index (χ1) is 9.45. The molecule has 0 atom stereocenters. The van der Waals surface area contributed by atoms with E-state index in [0.717, 1.165) is 23.4 Å². The molecule has 0 spiro atoms. The first-order valence-electron chi connectivity index (χ1n) is 6.44. The number of amides is 1. The van der Waals surface area contributed by atoms with Crippen LogP contribution in [0.15, 0.2) is 28.8 Å². The number of anilines is 1. The van der Waals surface area contributed by atoms with Gasteiger partial charge in [-0.1, -0.05) is 22.9 Å². The Morgan fingerprint density at radius 2 is 2.05 bits per heavy atom. The molecule has 0 radical (unpaired) electrons. The van der Waals surface area contributed by atoms with E-state index in [1.165, 1.54) is 0 Å². The van der Waals surface area contributed by atoms with Crippen molar-refractivity contribution in [3.05, 3.63) is 46.8 Å². The van der Waals surface area contributed by atoms with Gasteiger partial charge in [-0.15, -0.1) is 0 Å². The fourth-order valence-corrected chi connectivity index (χ4v) is 1.97. The molecule has 5 heteroatoms. The summed E-state index contributed by atoms with van der Waals surface area (Å²) in [6, 6.07) is 7.58. The van der Waals surface area contributed by atoms with Crippen molar-refractivity contribution in [3.8, 4) is 0 Å². The first-order valence-corrected chi connectivity index (χ1v) is 6.44. The number of carbonyl (C=O) groups excluding carboxylic acids is 1. The third-order valence-corrected chi connectivity index (χ3v) is 2.85. The maximum absolute atomic E-state index is 12.1. The minimum atomic E-state index is -0.283. The van der Waals surface area contributed by atoms with Gasteiger partial charge in [0.1, 0.15) is 0 Å². The average molecular weight is 273 g/mol. The number of carbonyl (C=O) groups is 1. The van der Waals surface area contributed by atoms with Crippen molar-refractivity contribution in [3.63, 3.8) is 0 Å². The number of aromatic nitrogens is 1. The molecule has 0 aliphatic carbocycles. The molecule has 106 valence electrons. The zero-order valence-electron chi connectivity index (χ0n) is 12.2. The van der Waals surface area contributed by atoms with Gasteiger partial charge in [0.25, 0.3) is 5.91 Å². The van der Waals surface area contributed by atoms with E-state index in [0.29, 0.717) is 5.69 Å². The van der Waals surface area contributed by atoms with Crippen LogP contribution in [0.4, 0.5) is 5.69 Å². The van der Waals surface area contributed by atoms with E-state index in [2.05, 4.69) is 21.4 Å². The van der Waals surface area contributed by atoms with Gasteiger partial charge in [-0.3, -0.25) is 4.79 Å². The highest BCUT2D eigenvalue weighted by atomic mass is 16.5. The Bertz CT molecular complexity index is 617. The van der Waals surface area contributed by atoms with Gasteiger partial charge in [0.05, 0.1) is 5.69 Å². The Morgan fingerprint density at radius 3 is 2.65 bits per heavy atom. The molecule has 5 nitrogen and oxygen atoms in total. The number of hydrogen-bond donors (Lipinski definition) is 1. The molecule has 1 aromatic heterocycles. The predicted molar refractivity (Wildman–Crippen MR) is 77.8 cm³/mol. The second-order valence-electron chi connectivity index (χ2n) is 5.19. The molecule has 0 saturated heterocycles. The Morgan fingerprint density at radius 1 is 1.30 bits per heavy atom. The highest BCUT2D eigenvalue weighted by Crippen LogP contribution is 2.19. The van der Waals surface area contributed by atoms with E-state index in [1.807, 2.05) is 33.2 Å². The Balaban J connectivity index is 2.22. The topological polar surface area (TPSA) is 58.4 Å². The fourth-order valence-electron chi connectivity index (χ4n) is 1.97. The van der Waals surface area contributed by atoms with Crippen molar-refractivity contribution in [2.75, 3.05) is 19.4 Å². The zero-order chi connectivity index (χ0) is 14.7. The molecule has 1 aromatic carbocycles. The first kappa shape index (κ1) is 14.3. The van der Waals surface area contributed by atoms with E-state index in [4.69, 9.17) is 4.52 Å². The van der Waals surface area contributed by atoms with Crippen molar-refractivity contribution in [2.24, 2.45) is 0 Å². The molecule has 0 fully saturated rings. The minimum absolute atomic E-state index is 0.221. The summed E-state index contributed by atoms with van der Waals surface area (Å²) < 4.78 is 4.97. The van der Waals surface area contributed by atoms with Gasteiger partial charge in [-0.05, 0) is 39.6 Å². The average Bonchev–Trinajstić information content (AvgIpc) is 2.78. The van der Waals surface area contributed by atoms with Gasteiger partial charge in [-0.25, -0.2) is 0 Å². The summed E-state index contributed by atoms with van der Waals surface area (Å²) in [5, 5.41) is 6.59. The number of aryl methyl sites for hydroxylation is 2. The second kappa shape index (κ2) is 5.88. The highest BCUT2D eigenvalue weighted by molar-refractivity contribution is 6.02. The summed E-state index contributed by atoms with van der Waals surface area (Å²) in [4.78, 5) is 14.2. The lowest BCUT2D eigenvalue weighted by atomic mass is 10.1. The van der Waals surface area contributed by atoms with Gasteiger partial charge in [-0.2, -0.15) is 0 Å². The summed E-state index contributed by atoms with van der Waals surface area (Å²) in [6.07, 6.45) is 0. The van der Waals surface area contributed by atoms with Gasteiger partial charge >= 0.3 is 0 Å². The lowest BCUT2D eigenvalue weighted by Gasteiger charge is -2.15. The van der Waals surface area contributed by atoms with Crippen molar-refractivity contribution in [1.29, 1.82) is 0 Å². The second-order valence-corrected chi connectivity index (χ2v) is 5.19. The van der Waals surface area contributed by atoms with E-state index in [9.17, 15) is 4.79 Å². The molecule has 20 heavy (non-hydrogen) atoms. The zero-order valence-corrected chi connectivity index (χ0v) is 12.2. The maximum atomic E-state index is 12.1. The van der Waals surface area contributed by atoms with Crippen LogP contribution < -0.4 is 5.32 Å². The normalized spacial score (nSPS) is 10.8. The smallest absolute Gasteiger partial charge is 0.294 e. The molecular weight excluding hydrogens is 254 g/mol. The molecule has 0 aliphatic heterocycles. The van der Waals surface area contributed by atoms with Crippen molar-refractivity contribution in [2.45, 2.75) is 20.4 Å². The van der Waals surface area contributed by atoms with Crippen molar-refractivity contribution < 1.29 is 9.32 Å². The summed E-state index contributed by atoms with van der Waals surface area (Å²) in [5.74, 6) is -0.0617. The van der Waals surface area contributed by atoms with Crippen LogP contribution in [-0.4, -0.2) is 30.1 Å². The number of benzene rings is 1. The standard InChI is InChI=1S/C15H19N3O2/c1-10-5-6-13(12(7-10)9-18(3)4)16-15(19)14-8-11(2)17-20-14/h5-8H,9H2,1-4H3,(H,16,19). The number of nitrogens with zero attached hydrogens (tertiary/aromatic N) is 2. The van der Waals surface area contributed by atoms with Crippen LogP contribution in [0, 0.1) is 13.8 Å². The maximum Gasteiger partial charge on any atom is 0.294 e. The molecule has 2 aromatic rings. The van der Waals surface area contributed by atoms with Crippen LogP contribution in [0.5, 0.6) is 0 Å². The van der Waals surface area contributed by atoms with Gasteiger partial charge < -0.3 is 14.7 Å². The molecule has 1 heterocycles. The summed E-state index contributed by atoms with van der Waals surface area (Å²) in [7, 11) is 3.99. The van der Waals surface area contributed by atoms with E-state index in [-0.39, 0.29) is 11.7 Å². The van der Waals surface area contributed by atoms with Crippen molar-refractivity contribution >= 4 is 11.6 Å². The van der Waals surface area contributed by atoms with Crippen LogP contribution in [0.25, 0.3) is 0 Å². The molecule has 0 unspecified atom stereocenters. The van der Waals surface area contributed by atoms with Crippen LogP contribution in [0.1, 0.15) is 27.4 Å². The molecular formula is C15H19N3O2. The predicted octanol–water partition coefficient (Wildman–Crippen LogP) is 2.61. The molecule has 0 saturated carbocycles. The molecule has 2 rings (SSSR count). The summed E-state index contributed by atoms with van der Waals surface area (Å²) in [6.45, 7) is 4.57. The molecule has 1 N–H and O–H groups in total. The highest BCUT2D eigenvalue weighted by Gasteiger charge is 2.14. The van der Waals surface area contributed by atoms with Crippen LogP contribution in [0.3, 0.4) is 0 Å². The lowest BCUT2D eigenvalue weighted by Crippen LogP contribution is -2.16. The minimum Gasteiger partial charge on any atom is -0.351 e. The van der Waals surface area contributed by atoms with Crippen LogP contribution >= 0.6 is 0 Å². The number of nitrogens with one attached hydrogen (secondary N) is 1. The third kappa shape index (κ3) is 3.45. The monoisotopic (exact) mass is 273 g/mol. The van der Waals surface area contributed by atoms with Crippen LogP contribution in [-0.2, 0) is 6.54 Å². The van der Waals surface area contributed by atoms with Gasteiger partial charge in [0.15, 0.2) is 0 Å². The van der Waals surface area contributed by atoms with Crippen LogP contribution in [0.2, 0.25) is 0 Å². The summed E-state index contributed by atoms with van der Waals surface area (Å²) >= 11 is 0. The third-order valence-electron chi connectivity index (χ3n) is 2.85. The van der Waals surface area contributed by atoms with Gasteiger partial charge in [0.2, 0.25) is 5.76 Å². The number of hydrogen-bond acceptors (Lipinski definition) is 4. The Kier molecular flexibility index (Phi) is 4.20. The number of rotatable bonds is 4. The SMILES string of the molecule is Cc1ccc(NC(=O)c2cc(C)no2)c(CN(C)C)c1. The Labute approximate surface area is 118 Å². The molecule has 1 amide bonds. The van der Waals surface area contributed by atoms with E-state index >= 15 is 0 Å². The van der Waals surface area contributed by atoms with E-state index in [1.54, 1.807) is 13.0 Å². The largest absolute Gasteiger partial charge is 0.351 e. The molecule has 0 aliphatic rings. The molecule has 0 bridgehead atoms. The quantitative estimate of drug-likeness (QED) is 0.930. The van der Waals surface area contributed by atoms with Gasteiger partial charge in [0, 0.05) is 18.3 Å². The summed E-state index contributed by atoms with van der Waals surface area (Å²) in [5.41, 5.74) is 3.71. The van der Waals surface area contributed by atoms with Crippen molar-refractivity contribution in [1.82, 2.24) is 10.1 Å². The Hall–Kier alpha value is -2.14. The van der Waals surface area contributed by atoms with E-state index < -0.39 is 0 Å².